The zero-order valence-electron chi connectivity index (χ0n) is 19.6. The van der Waals surface area contributed by atoms with Crippen LogP contribution in [0.5, 0.6) is 0 Å². The smallest absolute Gasteiger partial charge is 0.278 e. The molecule has 0 saturated heterocycles. The number of H-pyrrole nitrogens is 1. The molecule has 1 saturated carbocycles. The summed E-state index contributed by atoms with van der Waals surface area (Å²) in [5.74, 6) is -1.56. The van der Waals surface area contributed by atoms with Crippen LogP contribution in [0.15, 0.2) is 59.5 Å². The quantitative estimate of drug-likeness (QED) is 0.309. The summed E-state index contributed by atoms with van der Waals surface area (Å²) in [6.07, 6.45) is 4.37. The molecule has 9 heteroatoms. The normalized spacial score (nSPS) is 13.2. The number of nitrogens with one attached hydrogen (secondary N) is 2. The molecule has 1 fully saturated rings. The lowest BCUT2D eigenvalue weighted by Crippen LogP contribution is -2.23. The molecular formula is C27H25FN4O3S. The number of halogens is 1. The third-order valence-corrected chi connectivity index (χ3v) is 7.45. The number of amides is 2. The number of nitrogens with zero attached hydrogens (tertiary/aromatic N) is 1. The lowest BCUT2D eigenvalue weighted by Gasteiger charge is -2.13. The van der Waals surface area contributed by atoms with Crippen LogP contribution < -0.4 is 16.0 Å². The van der Waals surface area contributed by atoms with E-state index in [4.69, 9.17) is 5.73 Å². The lowest BCUT2D eigenvalue weighted by molar-refractivity contribution is 0.0973. The van der Waals surface area contributed by atoms with Crippen LogP contribution in [0.3, 0.4) is 0 Å². The SMILES string of the molecule is CCc1ccc2c(c1)c(-c1ccc[nH]c1=O)c(C(=O)NSC1CC1)n2Cc1cc(C(N)=O)ccc1F. The van der Waals surface area contributed by atoms with Gasteiger partial charge in [-0.1, -0.05) is 13.0 Å². The number of aryl methyl sites for hydroxylation is 1. The molecule has 4 N–H and O–H groups in total. The van der Waals surface area contributed by atoms with Crippen molar-refractivity contribution in [1.82, 2.24) is 14.3 Å². The molecule has 0 spiro atoms. The average Bonchev–Trinajstić information content (AvgIpc) is 3.65. The minimum Gasteiger partial charge on any atom is -0.366 e. The highest BCUT2D eigenvalue weighted by molar-refractivity contribution is 7.98. The molecule has 2 amide bonds. The summed E-state index contributed by atoms with van der Waals surface area (Å²) < 4.78 is 19.5. The van der Waals surface area contributed by atoms with E-state index in [0.717, 1.165) is 30.2 Å². The highest BCUT2D eigenvalue weighted by atomic mass is 32.2. The van der Waals surface area contributed by atoms with E-state index in [1.807, 2.05) is 25.1 Å². The first-order valence-corrected chi connectivity index (χ1v) is 12.6. The van der Waals surface area contributed by atoms with Crippen molar-refractivity contribution < 1.29 is 14.0 Å². The molecule has 7 nitrogen and oxygen atoms in total. The molecule has 184 valence electrons. The van der Waals surface area contributed by atoms with Gasteiger partial charge in [0.1, 0.15) is 11.5 Å². The number of nitrogens with two attached hydrogens (primary N) is 1. The van der Waals surface area contributed by atoms with Crippen LogP contribution in [-0.2, 0) is 13.0 Å². The Morgan fingerprint density at radius 3 is 2.69 bits per heavy atom. The second kappa shape index (κ2) is 9.66. The number of rotatable bonds is 8. The van der Waals surface area contributed by atoms with Gasteiger partial charge in [-0.25, -0.2) is 4.39 Å². The van der Waals surface area contributed by atoms with E-state index in [0.29, 0.717) is 21.9 Å². The van der Waals surface area contributed by atoms with Gasteiger partial charge >= 0.3 is 0 Å². The van der Waals surface area contributed by atoms with E-state index in [1.54, 1.807) is 16.7 Å². The first-order chi connectivity index (χ1) is 17.4. The maximum absolute atomic E-state index is 14.9. The Balaban J connectivity index is 1.77. The van der Waals surface area contributed by atoms with Crippen LogP contribution in [0.2, 0.25) is 0 Å². The Kier molecular flexibility index (Phi) is 6.40. The summed E-state index contributed by atoms with van der Waals surface area (Å²) in [6.45, 7) is 1.99. The van der Waals surface area contributed by atoms with Gasteiger partial charge in [0.2, 0.25) is 5.91 Å². The number of aromatic amines is 1. The van der Waals surface area contributed by atoms with Crippen molar-refractivity contribution >= 4 is 34.7 Å². The van der Waals surface area contributed by atoms with Gasteiger partial charge in [0.05, 0.1) is 6.54 Å². The number of primary amides is 1. The number of carbonyl (C=O) groups excluding carboxylic acids is 2. The summed E-state index contributed by atoms with van der Waals surface area (Å²) in [5, 5.41) is 1.09. The highest BCUT2D eigenvalue weighted by Crippen LogP contribution is 2.37. The van der Waals surface area contributed by atoms with Crippen molar-refractivity contribution in [3.63, 3.8) is 0 Å². The molecule has 5 rings (SSSR count). The Morgan fingerprint density at radius 2 is 2.00 bits per heavy atom. The van der Waals surface area contributed by atoms with Gasteiger partial charge in [0.15, 0.2) is 0 Å². The molecule has 0 unspecified atom stereocenters. The van der Waals surface area contributed by atoms with Crippen LogP contribution in [0.1, 0.15) is 51.7 Å². The van der Waals surface area contributed by atoms with Crippen LogP contribution in [0.4, 0.5) is 4.39 Å². The van der Waals surface area contributed by atoms with E-state index in [9.17, 15) is 18.8 Å². The number of pyridine rings is 1. The fourth-order valence-electron chi connectivity index (χ4n) is 4.30. The molecule has 0 radical (unpaired) electrons. The molecular weight excluding hydrogens is 479 g/mol. The molecule has 2 aromatic carbocycles. The number of fused-ring (bicyclic) bond motifs is 1. The zero-order valence-corrected chi connectivity index (χ0v) is 20.5. The van der Waals surface area contributed by atoms with Gasteiger partial charge in [0, 0.05) is 44.6 Å². The fraction of sp³-hybridized carbons (Fsp3) is 0.222. The maximum Gasteiger partial charge on any atom is 0.278 e. The second-order valence-electron chi connectivity index (χ2n) is 8.85. The average molecular weight is 505 g/mol. The van der Waals surface area contributed by atoms with Gasteiger partial charge in [0.25, 0.3) is 11.5 Å². The van der Waals surface area contributed by atoms with Crippen molar-refractivity contribution in [1.29, 1.82) is 0 Å². The minimum atomic E-state index is -0.670. The van der Waals surface area contributed by atoms with Crippen LogP contribution in [0, 0.1) is 5.82 Å². The molecule has 1 aliphatic carbocycles. The van der Waals surface area contributed by atoms with Crippen molar-refractivity contribution in [3.05, 3.63) is 93.3 Å². The molecule has 4 aromatic rings. The number of hydrogen-bond donors (Lipinski definition) is 3. The van der Waals surface area contributed by atoms with Crippen LogP contribution in [-0.4, -0.2) is 26.6 Å². The number of benzene rings is 2. The predicted octanol–water partition coefficient (Wildman–Crippen LogP) is 4.39. The second-order valence-corrected chi connectivity index (χ2v) is 9.95. The molecule has 0 aliphatic heterocycles. The first kappa shape index (κ1) is 23.9. The summed E-state index contributed by atoms with van der Waals surface area (Å²) in [4.78, 5) is 41.0. The van der Waals surface area contributed by atoms with Crippen LogP contribution in [0.25, 0.3) is 22.0 Å². The molecule has 36 heavy (non-hydrogen) atoms. The Hall–Kier alpha value is -3.85. The third kappa shape index (κ3) is 4.54. The zero-order chi connectivity index (χ0) is 25.4. The van der Waals surface area contributed by atoms with Gasteiger partial charge in [-0.2, -0.15) is 0 Å². The molecule has 2 heterocycles. The molecule has 2 aromatic heterocycles. The van der Waals surface area contributed by atoms with Crippen molar-refractivity contribution in [2.45, 2.75) is 38.0 Å². The lowest BCUT2D eigenvalue weighted by atomic mass is 10.0. The summed E-state index contributed by atoms with van der Waals surface area (Å²) in [7, 11) is 0. The Labute approximate surface area is 211 Å². The third-order valence-electron chi connectivity index (χ3n) is 6.34. The highest BCUT2D eigenvalue weighted by Gasteiger charge is 2.29. The minimum absolute atomic E-state index is 0.0312. The van der Waals surface area contributed by atoms with E-state index >= 15 is 0 Å². The largest absolute Gasteiger partial charge is 0.366 e. The van der Waals surface area contributed by atoms with E-state index in [-0.39, 0.29) is 34.8 Å². The van der Waals surface area contributed by atoms with Gasteiger partial charge in [-0.05, 0) is 79.2 Å². The van der Waals surface area contributed by atoms with Gasteiger partial charge in [-0.3, -0.25) is 19.1 Å². The molecule has 1 aliphatic rings. The Morgan fingerprint density at radius 1 is 1.19 bits per heavy atom. The monoisotopic (exact) mass is 504 g/mol. The van der Waals surface area contributed by atoms with E-state index in [2.05, 4.69) is 9.71 Å². The predicted molar refractivity (Wildman–Crippen MR) is 139 cm³/mol. The topological polar surface area (TPSA) is 110 Å². The standard InChI is InChI=1S/C27H25FN4O3S/c1-2-15-5-10-22-20(12-15)23(19-4-3-11-30-26(19)34)24(27(35)31-36-18-7-8-18)32(22)14-17-13-16(25(29)33)6-9-21(17)28/h3-6,9-13,18H,2,7-8,14H2,1H3,(H2,29,33)(H,30,34)(H,31,35). The molecule has 0 atom stereocenters. The van der Waals surface area contributed by atoms with E-state index in [1.165, 1.54) is 36.3 Å². The number of aromatic nitrogens is 2. The number of hydrogen-bond acceptors (Lipinski definition) is 4. The summed E-state index contributed by atoms with van der Waals surface area (Å²) in [5.41, 5.74) is 8.28. The van der Waals surface area contributed by atoms with Crippen molar-refractivity contribution in [2.24, 2.45) is 5.73 Å². The van der Waals surface area contributed by atoms with Crippen molar-refractivity contribution in [3.8, 4) is 11.1 Å². The Bertz CT molecular complexity index is 1550. The van der Waals surface area contributed by atoms with Gasteiger partial charge in [-0.15, -0.1) is 0 Å². The number of carbonyl (C=O) groups is 2. The first-order valence-electron chi connectivity index (χ1n) is 11.7. The van der Waals surface area contributed by atoms with Gasteiger partial charge < -0.3 is 15.3 Å². The van der Waals surface area contributed by atoms with Crippen LogP contribution >= 0.6 is 11.9 Å². The van der Waals surface area contributed by atoms with E-state index < -0.39 is 11.7 Å². The maximum atomic E-state index is 14.9. The summed E-state index contributed by atoms with van der Waals surface area (Å²) >= 11 is 1.36. The summed E-state index contributed by atoms with van der Waals surface area (Å²) in [6, 6.07) is 13.1. The van der Waals surface area contributed by atoms with Crippen molar-refractivity contribution in [2.75, 3.05) is 0 Å². The fourth-order valence-corrected chi connectivity index (χ4v) is 5.05. The molecule has 0 bridgehead atoms.